The minimum Gasteiger partial charge on any atom is -0.463 e. The Balaban J connectivity index is 2.09. The SMILES string of the molecule is C=CC[C@H]([NH2+][C@@H](C)c1ccco1)c1ccccc1. The van der Waals surface area contributed by atoms with Crippen molar-refractivity contribution in [2.75, 3.05) is 0 Å². The van der Waals surface area contributed by atoms with E-state index in [1.54, 1.807) is 6.26 Å². The van der Waals surface area contributed by atoms with E-state index in [4.69, 9.17) is 4.42 Å². The molecular weight excluding hydrogens is 222 g/mol. The van der Waals surface area contributed by atoms with Crippen LogP contribution in [0.2, 0.25) is 0 Å². The van der Waals surface area contributed by atoms with Crippen molar-refractivity contribution in [3.63, 3.8) is 0 Å². The molecule has 0 aliphatic heterocycles. The summed E-state index contributed by atoms with van der Waals surface area (Å²) in [5.74, 6) is 1.01. The van der Waals surface area contributed by atoms with E-state index in [2.05, 4.69) is 43.1 Å². The van der Waals surface area contributed by atoms with Crippen LogP contribution in [-0.2, 0) is 0 Å². The van der Waals surface area contributed by atoms with Crippen LogP contribution in [0.3, 0.4) is 0 Å². The molecule has 2 atom stereocenters. The highest BCUT2D eigenvalue weighted by molar-refractivity contribution is 5.17. The third-order valence-corrected chi connectivity index (χ3v) is 3.16. The van der Waals surface area contributed by atoms with E-state index in [1.165, 1.54) is 5.56 Å². The van der Waals surface area contributed by atoms with Gasteiger partial charge in [-0.05, 0) is 19.1 Å². The average molecular weight is 242 g/mol. The fourth-order valence-electron chi connectivity index (χ4n) is 2.20. The van der Waals surface area contributed by atoms with Crippen LogP contribution in [0.15, 0.2) is 65.8 Å². The Morgan fingerprint density at radius 1 is 1.22 bits per heavy atom. The lowest BCUT2D eigenvalue weighted by Crippen LogP contribution is -2.85. The van der Waals surface area contributed by atoms with Gasteiger partial charge in [-0.3, -0.25) is 0 Å². The Hall–Kier alpha value is -1.80. The fraction of sp³-hybridized carbons (Fsp3) is 0.250. The molecule has 1 aromatic carbocycles. The van der Waals surface area contributed by atoms with Gasteiger partial charge in [0.2, 0.25) is 0 Å². The predicted octanol–water partition coefficient (Wildman–Crippen LogP) is 3.22. The summed E-state index contributed by atoms with van der Waals surface area (Å²) in [7, 11) is 0. The third-order valence-electron chi connectivity index (χ3n) is 3.16. The van der Waals surface area contributed by atoms with Crippen molar-refractivity contribution in [2.24, 2.45) is 0 Å². The predicted molar refractivity (Wildman–Crippen MR) is 73.0 cm³/mol. The first-order chi connectivity index (χ1) is 8.81. The molecule has 2 heteroatoms. The van der Waals surface area contributed by atoms with Gasteiger partial charge in [0, 0.05) is 12.0 Å². The maximum Gasteiger partial charge on any atom is 0.160 e. The summed E-state index contributed by atoms with van der Waals surface area (Å²) >= 11 is 0. The van der Waals surface area contributed by atoms with Crippen molar-refractivity contribution >= 4 is 0 Å². The van der Waals surface area contributed by atoms with Crippen LogP contribution in [0.25, 0.3) is 0 Å². The van der Waals surface area contributed by atoms with E-state index >= 15 is 0 Å². The number of furan rings is 1. The molecule has 0 radical (unpaired) electrons. The minimum absolute atomic E-state index is 0.310. The van der Waals surface area contributed by atoms with Crippen molar-refractivity contribution in [3.05, 3.63) is 72.7 Å². The minimum atomic E-state index is 0.310. The quantitative estimate of drug-likeness (QED) is 0.774. The van der Waals surface area contributed by atoms with Crippen molar-refractivity contribution in [1.82, 2.24) is 0 Å². The van der Waals surface area contributed by atoms with E-state index in [-0.39, 0.29) is 0 Å². The van der Waals surface area contributed by atoms with Gasteiger partial charge in [0.1, 0.15) is 12.1 Å². The lowest BCUT2D eigenvalue weighted by molar-refractivity contribution is -0.732. The number of rotatable bonds is 6. The van der Waals surface area contributed by atoms with Gasteiger partial charge in [-0.2, -0.15) is 0 Å². The molecular formula is C16H20NO+. The second-order valence-electron chi connectivity index (χ2n) is 4.54. The van der Waals surface area contributed by atoms with Gasteiger partial charge in [0.25, 0.3) is 0 Å². The third kappa shape index (κ3) is 3.11. The molecule has 1 aromatic heterocycles. The zero-order chi connectivity index (χ0) is 12.8. The van der Waals surface area contributed by atoms with Crippen molar-refractivity contribution < 1.29 is 9.73 Å². The highest BCUT2D eigenvalue weighted by atomic mass is 16.3. The molecule has 2 rings (SSSR count). The van der Waals surface area contributed by atoms with E-state index < -0.39 is 0 Å². The molecule has 0 bridgehead atoms. The molecule has 0 saturated heterocycles. The maximum absolute atomic E-state index is 5.45. The highest BCUT2D eigenvalue weighted by Crippen LogP contribution is 2.16. The summed E-state index contributed by atoms with van der Waals surface area (Å²) in [4.78, 5) is 0. The first-order valence-electron chi connectivity index (χ1n) is 6.35. The smallest absolute Gasteiger partial charge is 0.160 e. The number of quaternary nitrogens is 1. The number of hydrogen-bond donors (Lipinski definition) is 1. The zero-order valence-corrected chi connectivity index (χ0v) is 10.8. The largest absolute Gasteiger partial charge is 0.463 e. The summed E-state index contributed by atoms with van der Waals surface area (Å²) < 4.78 is 5.45. The molecule has 0 aliphatic rings. The Bertz CT molecular complexity index is 461. The molecule has 0 amide bonds. The Labute approximate surface area is 108 Å². The van der Waals surface area contributed by atoms with Crippen LogP contribution in [0.1, 0.15) is 36.8 Å². The van der Waals surface area contributed by atoms with Crippen LogP contribution in [-0.4, -0.2) is 0 Å². The Morgan fingerprint density at radius 2 is 2.00 bits per heavy atom. The molecule has 2 N–H and O–H groups in total. The zero-order valence-electron chi connectivity index (χ0n) is 10.8. The van der Waals surface area contributed by atoms with Crippen LogP contribution >= 0.6 is 0 Å². The van der Waals surface area contributed by atoms with Crippen LogP contribution in [0.5, 0.6) is 0 Å². The summed E-state index contributed by atoms with van der Waals surface area (Å²) in [6.07, 6.45) is 4.66. The van der Waals surface area contributed by atoms with Crippen LogP contribution < -0.4 is 5.32 Å². The van der Waals surface area contributed by atoms with Crippen molar-refractivity contribution in [3.8, 4) is 0 Å². The number of nitrogens with two attached hydrogens (primary N) is 1. The molecule has 1 heterocycles. The normalized spacial score (nSPS) is 14.1. The Kier molecular flexibility index (Phi) is 4.37. The van der Waals surface area contributed by atoms with Crippen LogP contribution in [0, 0.1) is 0 Å². The standard InChI is InChI=1S/C16H19NO/c1-3-8-15(14-9-5-4-6-10-14)17-13(2)16-11-7-12-18-16/h3-7,9-13,15,17H,1,8H2,2H3/p+1/t13-,15-/m0/s1. The molecule has 0 saturated carbocycles. The van der Waals surface area contributed by atoms with E-state index in [0.29, 0.717) is 12.1 Å². The molecule has 0 unspecified atom stereocenters. The molecule has 18 heavy (non-hydrogen) atoms. The van der Waals surface area contributed by atoms with E-state index in [1.807, 2.05) is 24.3 Å². The summed E-state index contributed by atoms with van der Waals surface area (Å²) in [6, 6.07) is 15.2. The molecule has 0 aliphatic carbocycles. The first-order valence-corrected chi connectivity index (χ1v) is 6.35. The van der Waals surface area contributed by atoms with Gasteiger partial charge in [-0.15, -0.1) is 6.58 Å². The Morgan fingerprint density at radius 3 is 2.61 bits per heavy atom. The number of benzene rings is 1. The van der Waals surface area contributed by atoms with E-state index in [9.17, 15) is 0 Å². The number of hydrogen-bond acceptors (Lipinski definition) is 1. The summed E-state index contributed by atoms with van der Waals surface area (Å²) in [6.45, 7) is 6.02. The molecule has 0 fully saturated rings. The molecule has 2 nitrogen and oxygen atoms in total. The average Bonchev–Trinajstić information content (AvgIpc) is 2.93. The van der Waals surface area contributed by atoms with Gasteiger partial charge in [0.05, 0.1) is 6.26 Å². The second kappa shape index (κ2) is 6.22. The first kappa shape index (κ1) is 12.7. The second-order valence-corrected chi connectivity index (χ2v) is 4.54. The topological polar surface area (TPSA) is 29.8 Å². The monoisotopic (exact) mass is 242 g/mol. The fourth-order valence-corrected chi connectivity index (χ4v) is 2.20. The van der Waals surface area contributed by atoms with Gasteiger partial charge in [0.15, 0.2) is 5.76 Å². The molecule has 2 aromatic rings. The maximum atomic E-state index is 5.45. The summed E-state index contributed by atoms with van der Waals surface area (Å²) in [5.41, 5.74) is 1.33. The highest BCUT2D eigenvalue weighted by Gasteiger charge is 2.19. The molecule has 0 spiro atoms. The molecule has 94 valence electrons. The lowest BCUT2D eigenvalue weighted by atomic mass is 10.0. The van der Waals surface area contributed by atoms with Gasteiger partial charge in [-0.1, -0.05) is 36.4 Å². The van der Waals surface area contributed by atoms with E-state index in [0.717, 1.165) is 12.2 Å². The van der Waals surface area contributed by atoms with Crippen molar-refractivity contribution in [2.45, 2.75) is 25.4 Å². The lowest BCUT2D eigenvalue weighted by Gasteiger charge is -2.18. The van der Waals surface area contributed by atoms with Gasteiger partial charge < -0.3 is 9.73 Å². The van der Waals surface area contributed by atoms with Gasteiger partial charge in [-0.25, -0.2) is 0 Å². The van der Waals surface area contributed by atoms with Crippen molar-refractivity contribution in [1.29, 1.82) is 0 Å². The van der Waals surface area contributed by atoms with Gasteiger partial charge >= 0.3 is 0 Å². The van der Waals surface area contributed by atoms with Crippen LogP contribution in [0.4, 0.5) is 0 Å². The summed E-state index contributed by atoms with van der Waals surface area (Å²) in [5, 5.41) is 2.33.